The summed E-state index contributed by atoms with van der Waals surface area (Å²) in [6.07, 6.45) is 0. The monoisotopic (exact) mass is 226 g/mol. The van der Waals surface area contributed by atoms with Gasteiger partial charge in [-0.2, -0.15) is 0 Å². The first kappa shape index (κ1) is 11.9. The van der Waals surface area contributed by atoms with Crippen LogP contribution in [-0.4, -0.2) is 25.0 Å². The lowest BCUT2D eigenvalue weighted by Crippen LogP contribution is -2.40. The molecule has 0 heterocycles. The van der Waals surface area contributed by atoms with Crippen molar-refractivity contribution in [1.29, 1.82) is 0 Å². The topological polar surface area (TPSA) is 32.3 Å². The zero-order valence-corrected chi connectivity index (χ0v) is 9.50. The van der Waals surface area contributed by atoms with Gasteiger partial charge in [-0.1, -0.05) is 18.2 Å². The summed E-state index contributed by atoms with van der Waals surface area (Å²) in [4.78, 5) is 13.4. The van der Waals surface area contributed by atoms with Crippen molar-refractivity contribution in [2.75, 3.05) is 23.9 Å². The molecule has 1 aromatic carbocycles. The first-order chi connectivity index (χ1) is 7.29. The summed E-state index contributed by atoms with van der Waals surface area (Å²) in [5, 5.41) is 2.74. The van der Waals surface area contributed by atoms with Gasteiger partial charge in [0, 0.05) is 24.7 Å². The van der Waals surface area contributed by atoms with E-state index in [1.807, 2.05) is 37.3 Å². The Morgan fingerprint density at radius 1 is 1.40 bits per heavy atom. The van der Waals surface area contributed by atoms with Crippen LogP contribution in [0.5, 0.6) is 0 Å². The van der Waals surface area contributed by atoms with Gasteiger partial charge in [-0.15, -0.1) is 11.6 Å². The molecule has 1 N–H and O–H groups in total. The minimum atomic E-state index is -0.107. The summed E-state index contributed by atoms with van der Waals surface area (Å²) in [6.45, 7) is 3.06. The third-order valence-corrected chi connectivity index (χ3v) is 2.19. The van der Waals surface area contributed by atoms with Crippen LogP contribution in [0.1, 0.15) is 6.92 Å². The zero-order chi connectivity index (χ0) is 11.1. The van der Waals surface area contributed by atoms with E-state index in [-0.39, 0.29) is 6.03 Å². The number of alkyl halides is 1. The SMILES string of the molecule is CCN(C(=O)NCCCl)c1ccccc1. The Labute approximate surface area is 95.0 Å². The van der Waals surface area contributed by atoms with Gasteiger partial charge in [0.2, 0.25) is 0 Å². The van der Waals surface area contributed by atoms with Gasteiger partial charge in [-0.3, -0.25) is 4.90 Å². The summed E-state index contributed by atoms with van der Waals surface area (Å²) in [5.41, 5.74) is 0.895. The van der Waals surface area contributed by atoms with Gasteiger partial charge in [-0.05, 0) is 19.1 Å². The van der Waals surface area contributed by atoms with Gasteiger partial charge in [0.25, 0.3) is 0 Å². The van der Waals surface area contributed by atoms with E-state index >= 15 is 0 Å². The van der Waals surface area contributed by atoms with Crippen molar-refractivity contribution in [2.45, 2.75) is 6.92 Å². The van der Waals surface area contributed by atoms with Gasteiger partial charge < -0.3 is 5.32 Å². The molecule has 1 aromatic rings. The lowest BCUT2D eigenvalue weighted by molar-refractivity contribution is 0.247. The Kier molecular flexibility index (Phi) is 4.98. The van der Waals surface area contributed by atoms with Crippen LogP contribution in [-0.2, 0) is 0 Å². The number of hydrogen-bond acceptors (Lipinski definition) is 1. The van der Waals surface area contributed by atoms with E-state index in [1.54, 1.807) is 4.90 Å². The molecular formula is C11H15ClN2O. The van der Waals surface area contributed by atoms with Crippen molar-refractivity contribution in [3.05, 3.63) is 30.3 Å². The first-order valence-corrected chi connectivity index (χ1v) is 5.49. The number of para-hydroxylation sites is 1. The maximum Gasteiger partial charge on any atom is 0.321 e. The maximum absolute atomic E-state index is 11.7. The number of benzene rings is 1. The number of amides is 2. The quantitative estimate of drug-likeness (QED) is 0.786. The number of carbonyl (C=O) groups excluding carboxylic acids is 1. The molecule has 1 rings (SSSR count). The highest BCUT2D eigenvalue weighted by Gasteiger charge is 2.11. The van der Waals surface area contributed by atoms with Crippen LogP contribution < -0.4 is 10.2 Å². The Morgan fingerprint density at radius 2 is 2.07 bits per heavy atom. The minimum absolute atomic E-state index is 0.107. The highest BCUT2D eigenvalue weighted by Crippen LogP contribution is 2.12. The number of urea groups is 1. The maximum atomic E-state index is 11.7. The predicted molar refractivity (Wildman–Crippen MR) is 63.6 cm³/mol. The molecule has 3 nitrogen and oxygen atoms in total. The second-order valence-corrected chi connectivity index (χ2v) is 3.38. The normalized spacial score (nSPS) is 9.73. The fraction of sp³-hybridized carbons (Fsp3) is 0.364. The molecule has 0 aromatic heterocycles. The van der Waals surface area contributed by atoms with Crippen LogP contribution in [0.2, 0.25) is 0 Å². The smallest absolute Gasteiger partial charge is 0.321 e. The summed E-state index contributed by atoms with van der Waals surface area (Å²) in [5.74, 6) is 0.429. The van der Waals surface area contributed by atoms with Crippen LogP contribution in [0, 0.1) is 0 Å². The van der Waals surface area contributed by atoms with E-state index in [2.05, 4.69) is 5.32 Å². The zero-order valence-electron chi connectivity index (χ0n) is 8.74. The van der Waals surface area contributed by atoms with Crippen LogP contribution in [0.3, 0.4) is 0 Å². The second kappa shape index (κ2) is 6.30. The van der Waals surface area contributed by atoms with Gasteiger partial charge >= 0.3 is 6.03 Å². The number of rotatable bonds is 4. The van der Waals surface area contributed by atoms with E-state index in [1.165, 1.54) is 0 Å². The standard InChI is InChI=1S/C11H15ClN2O/c1-2-14(11(15)13-9-8-12)10-6-4-3-5-7-10/h3-7H,2,8-9H2,1H3,(H,13,15). The summed E-state index contributed by atoms with van der Waals surface area (Å²) >= 11 is 5.51. The van der Waals surface area contributed by atoms with Gasteiger partial charge in [-0.25, -0.2) is 4.79 Å². The molecule has 0 fully saturated rings. The lowest BCUT2D eigenvalue weighted by atomic mass is 10.3. The Hall–Kier alpha value is -1.22. The molecule has 2 amide bonds. The third-order valence-electron chi connectivity index (χ3n) is 2.00. The first-order valence-electron chi connectivity index (χ1n) is 4.96. The molecule has 0 aliphatic carbocycles. The van der Waals surface area contributed by atoms with Crippen molar-refractivity contribution in [3.8, 4) is 0 Å². The van der Waals surface area contributed by atoms with Gasteiger partial charge in [0.15, 0.2) is 0 Å². The second-order valence-electron chi connectivity index (χ2n) is 3.00. The van der Waals surface area contributed by atoms with Crippen molar-refractivity contribution >= 4 is 23.3 Å². The van der Waals surface area contributed by atoms with E-state index in [0.717, 1.165) is 5.69 Å². The third kappa shape index (κ3) is 3.44. The summed E-state index contributed by atoms with van der Waals surface area (Å²) in [7, 11) is 0. The molecule has 0 radical (unpaired) electrons. The van der Waals surface area contributed by atoms with Crippen LogP contribution in [0.25, 0.3) is 0 Å². The molecule has 4 heteroatoms. The van der Waals surface area contributed by atoms with E-state index in [0.29, 0.717) is 19.0 Å². The van der Waals surface area contributed by atoms with Crippen molar-refractivity contribution in [1.82, 2.24) is 5.32 Å². The molecule has 0 bridgehead atoms. The van der Waals surface area contributed by atoms with Crippen LogP contribution in [0.4, 0.5) is 10.5 Å². The highest BCUT2D eigenvalue weighted by molar-refractivity contribution is 6.18. The van der Waals surface area contributed by atoms with E-state index in [4.69, 9.17) is 11.6 Å². The molecule has 15 heavy (non-hydrogen) atoms. The van der Waals surface area contributed by atoms with Crippen molar-refractivity contribution in [3.63, 3.8) is 0 Å². The summed E-state index contributed by atoms with van der Waals surface area (Å²) < 4.78 is 0. The van der Waals surface area contributed by atoms with E-state index < -0.39 is 0 Å². The number of hydrogen-bond donors (Lipinski definition) is 1. The Morgan fingerprint density at radius 3 is 2.60 bits per heavy atom. The molecule has 0 saturated heterocycles. The minimum Gasteiger partial charge on any atom is -0.336 e. The molecule has 0 saturated carbocycles. The van der Waals surface area contributed by atoms with Gasteiger partial charge in [0.05, 0.1) is 0 Å². The van der Waals surface area contributed by atoms with E-state index in [9.17, 15) is 4.79 Å². The molecule has 0 aliphatic heterocycles. The fourth-order valence-electron chi connectivity index (χ4n) is 1.30. The largest absolute Gasteiger partial charge is 0.336 e. The molecule has 82 valence electrons. The summed E-state index contributed by atoms with van der Waals surface area (Å²) in [6, 6.07) is 9.45. The van der Waals surface area contributed by atoms with Crippen LogP contribution >= 0.6 is 11.6 Å². The predicted octanol–water partition coefficient (Wildman–Crippen LogP) is 2.46. The number of nitrogens with one attached hydrogen (secondary N) is 1. The molecule has 0 spiro atoms. The van der Waals surface area contributed by atoms with Crippen molar-refractivity contribution in [2.24, 2.45) is 0 Å². The number of anilines is 1. The molecular weight excluding hydrogens is 212 g/mol. The average molecular weight is 227 g/mol. The molecule has 0 unspecified atom stereocenters. The highest BCUT2D eigenvalue weighted by atomic mass is 35.5. The number of halogens is 1. The number of carbonyl (C=O) groups is 1. The fourth-order valence-corrected chi connectivity index (χ4v) is 1.40. The van der Waals surface area contributed by atoms with Crippen LogP contribution in [0.15, 0.2) is 30.3 Å². The van der Waals surface area contributed by atoms with Gasteiger partial charge in [0.1, 0.15) is 0 Å². The number of nitrogens with zero attached hydrogens (tertiary/aromatic N) is 1. The molecule has 0 atom stereocenters. The Bertz CT molecular complexity index is 303. The Balaban J connectivity index is 2.67. The van der Waals surface area contributed by atoms with Crippen molar-refractivity contribution < 1.29 is 4.79 Å². The lowest BCUT2D eigenvalue weighted by Gasteiger charge is -2.21. The average Bonchev–Trinajstić information content (AvgIpc) is 2.29. The molecule has 0 aliphatic rings.